The zero-order chi connectivity index (χ0) is 14.2. The van der Waals surface area contributed by atoms with Gasteiger partial charge in [-0.3, -0.25) is 0 Å². The largest absolute Gasteiger partial charge is 0.422 e. The van der Waals surface area contributed by atoms with Crippen molar-refractivity contribution in [2.24, 2.45) is 0 Å². The Balaban J connectivity index is 1.92. The van der Waals surface area contributed by atoms with Gasteiger partial charge in [0.2, 0.25) is 0 Å². The Morgan fingerprint density at radius 2 is 2.00 bits per heavy atom. The van der Waals surface area contributed by atoms with Gasteiger partial charge in [-0.1, -0.05) is 18.2 Å². The van der Waals surface area contributed by atoms with Gasteiger partial charge in [0.25, 0.3) is 0 Å². The van der Waals surface area contributed by atoms with E-state index in [0.29, 0.717) is 16.7 Å². The second-order valence-corrected chi connectivity index (χ2v) is 5.40. The van der Waals surface area contributed by atoms with Crippen molar-refractivity contribution in [1.29, 1.82) is 0 Å². The van der Waals surface area contributed by atoms with Crippen LogP contribution in [0, 0.1) is 0 Å². The monoisotopic (exact) mass is 294 g/mol. The molecule has 1 aromatic carbocycles. The number of thiophene rings is 1. The smallest absolute Gasteiger partial charge is 0.347 e. The van der Waals surface area contributed by atoms with Gasteiger partial charge in [-0.15, -0.1) is 0 Å². The fraction of sp³-hybridized carbons (Fsp3) is 0. The molecule has 0 saturated carbocycles. The van der Waals surface area contributed by atoms with Gasteiger partial charge >= 0.3 is 5.63 Å². The van der Waals surface area contributed by atoms with Crippen molar-refractivity contribution < 1.29 is 4.42 Å². The average Bonchev–Trinajstić information content (AvgIpc) is 3.17. The van der Waals surface area contributed by atoms with Crippen LogP contribution >= 0.6 is 11.3 Å². The van der Waals surface area contributed by atoms with E-state index in [1.807, 2.05) is 47.2 Å². The van der Waals surface area contributed by atoms with Crippen molar-refractivity contribution in [3.8, 4) is 17.0 Å². The van der Waals surface area contributed by atoms with Crippen molar-refractivity contribution in [2.75, 3.05) is 0 Å². The quantitative estimate of drug-likeness (QED) is 0.566. The molecule has 21 heavy (non-hydrogen) atoms. The van der Waals surface area contributed by atoms with E-state index in [0.717, 1.165) is 11.3 Å². The van der Waals surface area contributed by atoms with Crippen LogP contribution in [-0.4, -0.2) is 9.78 Å². The molecule has 3 aromatic heterocycles. The van der Waals surface area contributed by atoms with Crippen molar-refractivity contribution in [1.82, 2.24) is 9.78 Å². The third-order valence-corrected chi connectivity index (χ3v) is 3.94. The molecule has 0 radical (unpaired) electrons. The van der Waals surface area contributed by atoms with E-state index in [4.69, 9.17) is 4.42 Å². The van der Waals surface area contributed by atoms with E-state index >= 15 is 0 Å². The van der Waals surface area contributed by atoms with Crippen molar-refractivity contribution in [3.63, 3.8) is 0 Å². The summed E-state index contributed by atoms with van der Waals surface area (Å²) >= 11 is 1.56. The molecule has 0 fully saturated rings. The first-order chi connectivity index (χ1) is 10.3. The lowest BCUT2D eigenvalue weighted by Gasteiger charge is -1.98. The third-order valence-electron chi connectivity index (χ3n) is 3.26. The van der Waals surface area contributed by atoms with Crippen LogP contribution in [0.2, 0.25) is 0 Å². The lowest BCUT2D eigenvalue weighted by atomic mass is 10.2. The number of benzene rings is 1. The van der Waals surface area contributed by atoms with Gasteiger partial charge in [0.1, 0.15) is 16.7 Å². The Labute approximate surface area is 123 Å². The molecule has 102 valence electrons. The maximum Gasteiger partial charge on any atom is 0.347 e. The molecule has 5 heteroatoms. The highest BCUT2D eigenvalue weighted by Gasteiger charge is 2.11. The summed E-state index contributed by atoms with van der Waals surface area (Å²) in [4.78, 5) is 12.1. The Kier molecular flexibility index (Phi) is 2.72. The molecule has 0 amide bonds. The van der Waals surface area contributed by atoms with Crippen LogP contribution in [0.15, 0.2) is 68.6 Å². The number of aromatic nitrogens is 2. The lowest BCUT2D eigenvalue weighted by Crippen LogP contribution is -1.98. The lowest BCUT2D eigenvalue weighted by molar-refractivity contribution is 0.535. The van der Waals surface area contributed by atoms with Crippen LogP contribution in [0.1, 0.15) is 0 Å². The zero-order valence-corrected chi connectivity index (χ0v) is 11.7. The summed E-state index contributed by atoms with van der Waals surface area (Å²) in [6, 6.07) is 13.4. The molecule has 0 N–H and O–H groups in total. The van der Waals surface area contributed by atoms with Gasteiger partial charge < -0.3 is 4.42 Å². The van der Waals surface area contributed by atoms with Crippen LogP contribution in [0.5, 0.6) is 0 Å². The summed E-state index contributed by atoms with van der Waals surface area (Å²) in [5, 5.41) is 8.85. The van der Waals surface area contributed by atoms with Gasteiger partial charge in [-0.05, 0) is 23.6 Å². The van der Waals surface area contributed by atoms with E-state index in [1.54, 1.807) is 28.3 Å². The Hall–Kier alpha value is -2.66. The first kappa shape index (κ1) is 12.1. The van der Waals surface area contributed by atoms with Crippen LogP contribution in [0.3, 0.4) is 0 Å². The maximum atomic E-state index is 12.1. The predicted molar refractivity (Wildman–Crippen MR) is 82.9 cm³/mol. The van der Waals surface area contributed by atoms with E-state index in [2.05, 4.69) is 5.10 Å². The summed E-state index contributed by atoms with van der Waals surface area (Å²) in [6.07, 6.45) is 1.70. The van der Waals surface area contributed by atoms with Gasteiger partial charge in [-0.2, -0.15) is 16.4 Å². The molecule has 4 aromatic rings. The molecule has 0 spiro atoms. The van der Waals surface area contributed by atoms with Crippen LogP contribution in [-0.2, 0) is 0 Å². The third kappa shape index (κ3) is 2.08. The number of rotatable bonds is 2. The molecule has 0 bridgehead atoms. The molecule has 0 aliphatic carbocycles. The number of nitrogens with zero attached hydrogens (tertiary/aromatic N) is 2. The Bertz CT molecular complexity index is 953. The standard InChI is InChI=1S/C16H10N2O2S/c19-16-13-9-18(12-4-2-1-3-5-12)17-14(13)8-15(20-16)11-6-7-21-10-11/h1-10H. The summed E-state index contributed by atoms with van der Waals surface area (Å²) in [7, 11) is 0. The SMILES string of the molecule is O=c1oc(-c2ccsc2)cc2nn(-c3ccccc3)cc12. The van der Waals surface area contributed by atoms with E-state index < -0.39 is 0 Å². The second-order valence-electron chi connectivity index (χ2n) is 4.62. The highest BCUT2D eigenvalue weighted by molar-refractivity contribution is 7.08. The molecular weight excluding hydrogens is 284 g/mol. The molecular formula is C16H10N2O2S. The molecule has 4 nitrogen and oxygen atoms in total. The molecule has 4 rings (SSSR count). The fourth-order valence-electron chi connectivity index (χ4n) is 2.22. The van der Waals surface area contributed by atoms with Crippen molar-refractivity contribution >= 4 is 22.2 Å². The van der Waals surface area contributed by atoms with Crippen LogP contribution < -0.4 is 5.63 Å². The minimum absolute atomic E-state index is 0.365. The summed E-state index contributed by atoms with van der Waals surface area (Å²) < 4.78 is 7.08. The van der Waals surface area contributed by atoms with E-state index in [1.165, 1.54) is 0 Å². The van der Waals surface area contributed by atoms with Crippen molar-refractivity contribution in [3.05, 3.63) is 69.8 Å². The number of para-hydroxylation sites is 1. The van der Waals surface area contributed by atoms with Gasteiger partial charge in [0.05, 0.1) is 5.69 Å². The first-order valence-corrected chi connectivity index (χ1v) is 7.37. The minimum atomic E-state index is -0.365. The van der Waals surface area contributed by atoms with E-state index in [-0.39, 0.29) is 5.63 Å². The Morgan fingerprint density at radius 1 is 1.14 bits per heavy atom. The Morgan fingerprint density at radius 3 is 2.76 bits per heavy atom. The maximum absolute atomic E-state index is 12.1. The summed E-state index contributed by atoms with van der Waals surface area (Å²) in [6.45, 7) is 0. The molecule has 3 heterocycles. The highest BCUT2D eigenvalue weighted by Crippen LogP contribution is 2.24. The normalized spacial score (nSPS) is 11.0. The minimum Gasteiger partial charge on any atom is -0.422 e. The molecule has 0 aliphatic heterocycles. The van der Waals surface area contributed by atoms with E-state index in [9.17, 15) is 4.79 Å². The second kappa shape index (κ2) is 4.71. The molecule has 0 saturated heterocycles. The highest BCUT2D eigenvalue weighted by atomic mass is 32.1. The fourth-order valence-corrected chi connectivity index (χ4v) is 2.86. The summed E-state index contributed by atoms with van der Waals surface area (Å²) in [5.74, 6) is 0.548. The molecule has 0 aliphatic rings. The number of hydrogen-bond acceptors (Lipinski definition) is 4. The average molecular weight is 294 g/mol. The van der Waals surface area contributed by atoms with Crippen LogP contribution in [0.4, 0.5) is 0 Å². The topological polar surface area (TPSA) is 48.0 Å². The molecule has 0 unspecified atom stereocenters. The summed E-state index contributed by atoms with van der Waals surface area (Å²) in [5.41, 5.74) is 2.07. The van der Waals surface area contributed by atoms with Gasteiger partial charge in [0.15, 0.2) is 0 Å². The van der Waals surface area contributed by atoms with Crippen molar-refractivity contribution in [2.45, 2.75) is 0 Å². The first-order valence-electron chi connectivity index (χ1n) is 6.43. The van der Waals surface area contributed by atoms with Gasteiger partial charge in [0, 0.05) is 23.2 Å². The molecule has 0 atom stereocenters. The van der Waals surface area contributed by atoms with Gasteiger partial charge in [-0.25, -0.2) is 9.48 Å². The zero-order valence-electron chi connectivity index (χ0n) is 10.9. The predicted octanol–water partition coefficient (Wildman–Crippen LogP) is 3.71. The number of fused-ring (bicyclic) bond motifs is 1. The van der Waals surface area contributed by atoms with Crippen LogP contribution in [0.25, 0.3) is 27.9 Å². The number of hydrogen-bond donors (Lipinski definition) is 0.